The molecule has 0 saturated carbocycles. The van der Waals surface area contributed by atoms with E-state index >= 15 is 0 Å². The van der Waals surface area contributed by atoms with E-state index < -0.39 is 0 Å². The Hall–Kier alpha value is -1.66. The van der Waals surface area contributed by atoms with Crippen LogP contribution in [-0.2, 0) is 11.3 Å². The summed E-state index contributed by atoms with van der Waals surface area (Å²) in [4.78, 5) is 16.5. The van der Waals surface area contributed by atoms with Crippen molar-refractivity contribution in [2.45, 2.75) is 13.5 Å². The molecule has 5 nitrogen and oxygen atoms in total. The maximum absolute atomic E-state index is 12.0. The number of rotatable bonds is 5. The average Bonchev–Trinajstić information content (AvgIpc) is 3.04. The molecule has 20 heavy (non-hydrogen) atoms. The highest BCUT2D eigenvalue weighted by Crippen LogP contribution is 2.24. The number of hydrogen-bond donors (Lipinski definition) is 2. The average molecular weight is 291 g/mol. The number of aromatic nitrogens is 1. The summed E-state index contributed by atoms with van der Waals surface area (Å²) in [5, 5.41) is 8.94. The monoisotopic (exact) mass is 291 g/mol. The summed E-state index contributed by atoms with van der Waals surface area (Å²) < 4.78 is 5.30. The fourth-order valence-electron chi connectivity index (χ4n) is 2.12. The highest BCUT2D eigenvalue weighted by atomic mass is 32.1. The first-order valence-electron chi connectivity index (χ1n) is 6.71. The molecule has 1 amide bonds. The van der Waals surface area contributed by atoms with Crippen LogP contribution in [0.25, 0.3) is 10.8 Å². The van der Waals surface area contributed by atoms with Crippen molar-refractivity contribution in [1.82, 2.24) is 15.6 Å². The van der Waals surface area contributed by atoms with Gasteiger partial charge in [0, 0.05) is 11.3 Å². The third-order valence-electron chi connectivity index (χ3n) is 3.66. The van der Waals surface area contributed by atoms with Crippen molar-refractivity contribution in [3.8, 4) is 10.8 Å². The number of hydrogen-bond acceptors (Lipinski definition) is 5. The summed E-state index contributed by atoms with van der Waals surface area (Å²) in [5.41, 5.74) is 0.869. The van der Waals surface area contributed by atoms with Gasteiger partial charge in [-0.2, -0.15) is 0 Å². The molecule has 0 radical (unpaired) electrons. The quantitative estimate of drug-likeness (QED) is 0.882. The maximum Gasteiger partial charge on any atom is 0.223 e. The van der Waals surface area contributed by atoms with Gasteiger partial charge in [0.2, 0.25) is 5.91 Å². The minimum Gasteiger partial charge on any atom is -0.462 e. The first-order chi connectivity index (χ1) is 9.74. The van der Waals surface area contributed by atoms with Crippen LogP contribution < -0.4 is 10.6 Å². The van der Waals surface area contributed by atoms with Crippen LogP contribution in [-0.4, -0.2) is 24.0 Å². The van der Waals surface area contributed by atoms with E-state index in [4.69, 9.17) is 4.42 Å². The molecule has 1 aliphatic heterocycles. The molecule has 1 atom stereocenters. The lowest BCUT2D eigenvalue weighted by molar-refractivity contribution is -0.126. The molecule has 3 heterocycles. The minimum absolute atomic E-state index is 0.0550. The van der Waals surface area contributed by atoms with Crippen molar-refractivity contribution in [2.24, 2.45) is 11.8 Å². The van der Waals surface area contributed by atoms with Crippen LogP contribution >= 0.6 is 11.3 Å². The van der Waals surface area contributed by atoms with E-state index in [1.54, 1.807) is 6.26 Å². The Kier molecular flexibility index (Phi) is 3.84. The fourth-order valence-corrected chi connectivity index (χ4v) is 2.90. The largest absolute Gasteiger partial charge is 0.462 e. The first kappa shape index (κ1) is 13.3. The molecular formula is C14H17N3O2S. The van der Waals surface area contributed by atoms with E-state index in [9.17, 15) is 4.79 Å². The van der Waals surface area contributed by atoms with Gasteiger partial charge in [0.05, 0.1) is 18.5 Å². The van der Waals surface area contributed by atoms with Crippen LogP contribution in [0.3, 0.4) is 0 Å². The van der Waals surface area contributed by atoms with Crippen molar-refractivity contribution < 1.29 is 9.21 Å². The lowest BCUT2D eigenvalue weighted by Crippen LogP contribution is -2.49. The molecule has 3 rings (SSSR count). The zero-order chi connectivity index (χ0) is 13.9. The fraction of sp³-hybridized carbons (Fsp3) is 0.429. The Morgan fingerprint density at radius 2 is 2.50 bits per heavy atom. The first-order valence-corrected chi connectivity index (χ1v) is 7.58. The van der Waals surface area contributed by atoms with Crippen LogP contribution in [0, 0.1) is 11.8 Å². The van der Waals surface area contributed by atoms with Crippen LogP contribution in [0.15, 0.2) is 28.2 Å². The zero-order valence-corrected chi connectivity index (χ0v) is 12.1. The van der Waals surface area contributed by atoms with Gasteiger partial charge < -0.3 is 15.1 Å². The maximum atomic E-state index is 12.0. The third-order valence-corrected chi connectivity index (χ3v) is 4.57. The molecule has 1 saturated heterocycles. The van der Waals surface area contributed by atoms with Crippen LogP contribution in [0.1, 0.15) is 12.6 Å². The predicted octanol–water partition coefficient (Wildman–Crippen LogP) is 1.87. The molecule has 0 aliphatic carbocycles. The van der Waals surface area contributed by atoms with Gasteiger partial charge in [0.25, 0.3) is 0 Å². The van der Waals surface area contributed by atoms with Crippen LogP contribution in [0.4, 0.5) is 0 Å². The summed E-state index contributed by atoms with van der Waals surface area (Å²) in [7, 11) is 0. The summed E-state index contributed by atoms with van der Waals surface area (Å²) in [6.45, 7) is 4.33. The second-order valence-corrected chi connectivity index (χ2v) is 5.90. The van der Waals surface area contributed by atoms with E-state index in [1.807, 2.05) is 24.4 Å². The molecular weight excluding hydrogens is 274 g/mol. The number of carbonyl (C=O) groups is 1. The van der Waals surface area contributed by atoms with E-state index in [2.05, 4.69) is 15.6 Å². The van der Waals surface area contributed by atoms with Crippen LogP contribution in [0.5, 0.6) is 0 Å². The normalized spacial score (nSPS) is 16.6. The molecule has 0 aromatic carbocycles. The highest BCUT2D eigenvalue weighted by Gasteiger charge is 2.28. The number of amides is 1. The lowest BCUT2D eigenvalue weighted by Gasteiger charge is -2.31. The van der Waals surface area contributed by atoms with Gasteiger partial charge in [0.1, 0.15) is 0 Å². The Balaban J connectivity index is 1.54. The summed E-state index contributed by atoms with van der Waals surface area (Å²) in [5.74, 6) is 1.38. The van der Waals surface area contributed by atoms with Gasteiger partial charge in [-0.3, -0.25) is 4.79 Å². The second kappa shape index (κ2) is 5.76. The van der Waals surface area contributed by atoms with Crippen molar-refractivity contribution in [1.29, 1.82) is 0 Å². The summed E-state index contributed by atoms with van der Waals surface area (Å²) >= 11 is 1.52. The van der Waals surface area contributed by atoms with E-state index in [-0.39, 0.29) is 11.8 Å². The number of thiazole rings is 1. The number of nitrogens with zero attached hydrogens (tertiary/aromatic N) is 1. The minimum atomic E-state index is 0.0550. The van der Waals surface area contributed by atoms with Crippen LogP contribution in [0.2, 0.25) is 0 Å². The molecule has 0 bridgehead atoms. The smallest absolute Gasteiger partial charge is 0.223 e. The Morgan fingerprint density at radius 3 is 3.15 bits per heavy atom. The number of carbonyl (C=O) groups excluding carboxylic acids is 1. The van der Waals surface area contributed by atoms with Crippen molar-refractivity contribution in [3.05, 3.63) is 29.5 Å². The van der Waals surface area contributed by atoms with E-state index in [1.165, 1.54) is 11.3 Å². The Morgan fingerprint density at radius 1 is 1.65 bits per heavy atom. The zero-order valence-electron chi connectivity index (χ0n) is 11.3. The molecule has 2 N–H and O–H groups in total. The molecule has 1 fully saturated rings. The van der Waals surface area contributed by atoms with Gasteiger partial charge >= 0.3 is 0 Å². The Bertz CT molecular complexity index is 575. The molecule has 2 aromatic rings. The Labute approximate surface area is 121 Å². The van der Waals surface area contributed by atoms with Gasteiger partial charge in [0.15, 0.2) is 10.8 Å². The molecule has 1 unspecified atom stereocenters. The van der Waals surface area contributed by atoms with E-state index in [0.717, 1.165) is 29.6 Å². The van der Waals surface area contributed by atoms with Crippen molar-refractivity contribution in [2.75, 3.05) is 13.1 Å². The SMILES string of the molecule is CC(C(=O)NCc1csc(-c2ccco2)n1)C1CNC1. The number of nitrogens with one attached hydrogen (secondary N) is 2. The third kappa shape index (κ3) is 2.76. The topological polar surface area (TPSA) is 67.2 Å². The molecule has 106 valence electrons. The van der Waals surface area contributed by atoms with Gasteiger partial charge in [-0.1, -0.05) is 6.92 Å². The van der Waals surface area contributed by atoms with E-state index in [0.29, 0.717) is 12.5 Å². The highest BCUT2D eigenvalue weighted by molar-refractivity contribution is 7.13. The molecule has 6 heteroatoms. The predicted molar refractivity (Wildman–Crippen MR) is 77.2 cm³/mol. The summed E-state index contributed by atoms with van der Waals surface area (Å²) in [6, 6.07) is 3.72. The van der Waals surface area contributed by atoms with Gasteiger partial charge in [-0.25, -0.2) is 4.98 Å². The van der Waals surface area contributed by atoms with Crippen molar-refractivity contribution in [3.63, 3.8) is 0 Å². The standard InChI is InChI=1S/C14H17N3O2S/c1-9(10-5-15-6-10)13(18)16-7-11-8-20-14(17-11)12-3-2-4-19-12/h2-4,8-10,15H,5-7H2,1H3,(H,16,18). The van der Waals surface area contributed by atoms with Gasteiger partial charge in [-0.15, -0.1) is 11.3 Å². The lowest BCUT2D eigenvalue weighted by atomic mass is 9.88. The number of furan rings is 1. The second-order valence-electron chi connectivity index (χ2n) is 5.05. The van der Waals surface area contributed by atoms with Crippen molar-refractivity contribution >= 4 is 17.2 Å². The molecule has 1 aliphatic rings. The molecule has 2 aromatic heterocycles. The molecule has 0 spiro atoms. The summed E-state index contributed by atoms with van der Waals surface area (Å²) in [6.07, 6.45) is 1.63. The van der Waals surface area contributed by atoms with Gasteiger partial charge in [-0.05, 0) is 31.1 Å².